The first kappa shape index (κ1) is 16.7. The maximum atomic E-state index is 12.0. The standard InChI is InChI=1S/C16H19N3O4/c1-18-15(21)8-9-19(16(18)22)11-14(20)17-10-13(23-2)12-6-4-3-5-7-12/h3-9,13H,10-11H2,1-2H3,(H,17,20). The molecule has 1 heterocycles. The van der Waals surface area contributed by atoms with Crippen LogP contribution in [0.2, 0.25) is 0 Å². The molecule has 0 fully saturated rings. The number of rotatable bonds is 6. The van der Waals surface area contributed by atoms with E-state index in [1.807, 2.05) is 30.3 Å². The van der Waals surface area contributed by atoms with Crippen molar-refractivity contribution in [2.75, 3.05) is 13.7 Å². The molecule has 0 radical (unpaired) electrons. The second-order valence-electron chi connectivity index (χ2n) is 5.06. The average Bonchev–Trinajstić information content (AvgIpc) is 2.57. The number of ether oxygens (including phenoxy) is 1. The van der Waals surface area contributed by atoms with Crippen LogP contribution in [-0.4, -0.2) is 28.7 Å². The van der Waals surface area contributed by atoms with Crippen molar-refractivity contribution in [2.24, 2.45) is 7.05 Å². The zero-order valence-electron chi connectivity index (χ0n) is 13.1. The Bertz CT molecular complexity index is 780. The highest BCUT2D eigenvalue weighted by Crippen LogP contribution is 2.14. The highest BCUT2D eigenvalue weighted by Gasteiger charge is 2.12. The number of carbonyl (C=O) groups excluding carboxylic acids is 1. The van der Waals surface area contributed by atoms with Gasteiger partial charge in [-0.3, -0.25) is 18.7 Å². The maximum absolute atomic E-state index is 12.0. The molecule has 2 aromatic rings. The van der Waals surface area contributed by atoms with E-state index >= 15 is 0 Å². The number of hydrogen-bond donors (Lipinski definition) is 1. The van der Waals surface area contributed by atoms with Crippen LogP contribution >= 0.6 is 0 Å². The maximum Gasteiger partial charge on any atom is 0.331 e. The van der Waals surface area contributed by atoms with Gasteiger partial charge in [0.15, 0.2) is 0 Å². The second kappa shape index (κ2) is 7.55. The molecule has 0 bridgehead atoms. The van der Waals surface area contributed by atoms with Crippen LogP contribution in [0.5, 0.6) is 0 Å². The van der Waals surface area contributed by atoms with E-state index in [0.717, 1.165) is 10.1 Å². The van der Waals surface area contributed by atoms with Crippen molar-refractivity contribution >= 4 is 5.91 Å². The zero-order chi connectivity index (χ0) is 16.8. The molecule has 1 amide bonds. The molecule has 1 N–H and O–H groups in total. The number of nitrogens with zero attached hydrogens (tertiary/aromatic N) is 2. The van der Waals surface area contributed by atoms with Gasteiger partial charge < -0.3 is 10.1 Å². The van der Waals surface area contributed by atoms with Gasteiger partial charge >= 0.3 is 5.69 Å². The van der Waals surface area contributed by atoms with E-state index < -0.39 is 11.2 Å². The third-order valence-corrected chi connectivity index (χ3v) is 3.51. The van der Waals surface area contributed by atoms with Gasteiger partial charge in [-0.25, -0.2) is 4.79 Å². The Morgan fingerprint density at radius 3 is 2.57 bits per heavy atom. The van der Waals surface area contributed by atoms with Gasteiger partial charge in [-0.2, -0.15) is 0 Å². The molecule has 0 spiro atoms. The van der Waals surface area contributed by atoms with Crippen molar-refractivity contribution in [1.82, 2.24) is 14.5 Å². The third-order valence-electron chi connectivity index (χ3n) is 3.51. The molecule has 122 valence electrons. The summed E-state index contributed by atoms with van der Waals surface area (Å²) in [4.78, 5) is 35.2. The molecule has 7 heteroatoms. The number of benzene rings is 1. The van der Waals surface area contributed by atoms with Gasteiger partial charge in [-0.05, 0) is 5.56 Å². The molecule has 1 aromatic heterocycles. The summed E-state index contributed by atoms with van der Waals surface area (Å²) >= 11 is 0. The SMILES string of the molecule is COC(CNC(=O)Cn1ccc(=O)n(C)c1=O)c1ccccc1. The van der Waals surface area contributed by atoms with E-state index in [2.05, 4.69) is 5.32 Å². The molecule has 0 aliphatic carbocycles. The zero-order valence-corrected chi connectivity index (χ0v) is 13.1. The first-order valence-electron chi connectivity index (χ1n) is 7.14. The van der Waals surface area contributed by atoms with Crippen LogP contribution in [0, 0.1) is 0 Å². The summed E-state index contributed by atoms with van der Waals surface area (Å²) in [7, 11) is 2.94. The second-order valence-corrected chi connectivity index (χ2v) is 5.06. The molecule has 1 aromatic carbocycles. The monoisotopic (exact) mass is 317 g/mol. The lowest BCUT2D eigenvalue weighted by molar-refractivity contribution is -0.122. The number of amides is 1. The van der Waals surface area contributed by atoms with E-state index in [1.165, 1.54) is 23.9 Å². The molecule has 1 unspecified atom stereocenters. The Morgan fingerprint density at radius 2 is 1.91 bits per heavy atom. The molecule has 7 nitrogen and oxygen atoms in total. The van der Waals surface area contributed by atoms with E-state index in [9.17, 15) is 14.4 Å². The van der Waals surface area contributed by atoms with Crippen molar-refractivity contribution < 1.29 is 9.53 Å². The lowest BCUT2D eigenvalue weighted by atomic mass is 10.1. The minimum absolute atomic E-state index is 0.155. The Balaban J connectivity index is 1.99. The molecule has 0 saturated heterocycles. The fourth-order valence-corrected chi connectivity index (χ4v) is 2.16. The molecule has 0 aliphatic rings. The average molecular weight is 317 g/mol. The smallest absolute Gasteiger partial charge is 0.331 e. The van der Waals surface area contributed by atoms with Crippen molar-refractivity contribution in [2.45, 2.75) is 12.6 Å². The van der Waals surface area contributed by atoms with Crippen molar-refractivity contribution in [1.29, 1.82) is 0 Å². The molecule has 1 atom stereocenters. The van der Waals surface area contributed by atoms with Crippen molar-refractivity contribution in [3.05, 3.63) is 69.0 Å². The lowest BCUT2D eigenvalue weighted by Crippen LogP contribution is -2.40. The van der Waals surface area contributed by atoms with Gasteiger partial charge in [0.25, 0.3) is 5.56 Å². The van der Waals surface area contributed by atoms with Crippen LogP contribution in [0.15, 0.2) is 52.2 Å². The van der Waals surface area contributed by atoms with Crippen LogP contribution < -0.4 is 16.6 Å². The summed E-state index contributed by atoms with van der Waals surface area (Å²) < 4.78 is 7.50. The number of carbonyl (C=O) groups is 1. The topological polar surface area (TPSA) is 82.3 Å². The Hall–Kier alpha value is -2.67. The van der Waals surface area contributed by atoms with E-state index in [1.54, 1.807) is 7.11 Å². The van der Waals surface area contributed by atoms with Gasteiger partial charge in [0.2, 0.25) is 5.91 Å². The Kier molecular flexibility index (Phi) is 5.48. The molecule has 2 rings (SSSR count). The number of aromatic nitrogens is 2. The summed E-state index contributed by atoms with van der Waals surface area (Å²) in [5.41, 5.74) is 0.0174. The molecule has 0 aliphatic heterocycles. The van der Waals surface area contributed by atoms with Crippen LogP contribution in [0.4, 0.5) is 0 Å². The highest BCUT2D eigenvalue weighted by atomic mass is 16.5. The fourth-order valence-electron chi connectivity index (χ4n) is 2.16. The summed E-state index contributed by atoms with van der Waals surface area (Å²) in [5.74, 6) is -0.330. The summed E-state index contributed by atoms with van der Waals surface area (Å²) in [6.07, 6.45) is 1.05. The van der Waals surface area contributed by atoms with Crippen LogP contribution in [-0.2, 0) is 23.1 Å². The van der Waals surface area contributed by atoms with Gasteiger partial charge in [0.1, 0.15) is 6.54 Å². The van der Waals surface area contributed by atoms with Crippen molar-refractivity contribution in [3.63, 3.8) is 0 Å². The number of methoxy groups -OCH3 is 1. The van der Waals surface area contributed by atoms with Gasteiger partial charge in [0.05, 0.1) is 6.10 Å². The van der Waals surface area contributed by atoms with Gasteiger partial charge in [-0.15, -0.1) is 0 Å². The van der Waals surface area contributed by atoms with E-state index in [4.69, 9.17) is 4.74 Å². The van der Waals surface area contributed by atoms with E-state index in [-0.39, 0.29) is 18.6 Å². The quantitative estimate of drug-likeness (QED) is 0.816. The summed E-state index contributed by atoms with van der Waals surface area (Å²) in [6.45, 7) is 0.137. The lowest BCUT2D eigenvalue weighted by Gasteiger charge is -2.16. The van der Waals surface area contributed by atoms with Gasteiger partial charge in [-0.1, -0.05) is 30.3 Å². The molecule has 23 heavy (non-hydrogen) atoms. The number of hydrogen-bond acceptors (Lipinski definition) is 4. The predicted octanol–water partition coefficient (Wildman–Crippen LogP) is 0.0509. The molecular formula is C16H19N3O4. The summed E-state index contributed by atoms with van der Waals surface area (Å²) in [6, 6.07) is 10.8. The van der Waals surface area contributed by atoms with Crippen LogP contribution in [0.3, 0.4) is 0 Å². The predicted molar refractivity (Wildman–Crippen MR) is 85.1 cm³/mol. The Morgan fingerprint density at radius 1 is 1.22 bits per heavy atom. The fraction of sp³-hybridized carbons (Fsp3) is 0.312. The first-order chi connectivity index (χ1) is 11.0. The normalized spacial score (nSPS) is 11.9. The van der Waals surface area contributed by atoms with Crippen LogP contribution in [0.1, 0.15) is 11.7 Å². The third kappa shape index (κ3) is 4.17. The molecular weight excluding hydrogens is 298 g/mol. The largest absolute Gasteiger partial charge is 0.375 e. The summed E-state index contributed by atoms with van der Waals surface area (Å²) in [5, 5.41) is 2.73. The minimum atomic E-state index is -0.529. The van der Waals surface area contributed by atoms with E-state index in [0.29, 0.717) is 6.54 Å². The molecule has 0 saturated carbocycles. The highest BCUT2D eigenvalue weighted by molar-refractivity contribution is 5.75. The minimum Gasteiger partial charge on any atom is -0.375 e. The van der Waals surface area contributed by atoms with Crippen LogP contribution in [0.25, 0.3) is 0 Å². The first-order valence-corrected chi connectivity index (χ1v) is 7.14. The van der Waals surface area contributed by atoms with Gasteiger partial charge in [0, 0.05) is 33.0 Å². The Labute approximate surface area is 133 Å². The van der Waals surface area contributed by atoms with Crippen molar-refractivity contribution in [3.8, 4) is 0 Å². The number of nitrogens with one attached hydrogen (secondary N) is 1.